The maximum Gasteiger partial charge on any atom is 0.253 e. The van der Waals surface area contributed by atoms with Crippen LogP contribution in [0.2, 0.25) is 0 Å². The molecule has 1 amide bonds. The molecule has 1 aromatic heterocycles. The Morgan fingerprint density at radius 3 is 2.40 bits per heavy atom. The second kappa shape index (κ2) is 8.67. The van der Waals surface area contributed by atoms with Gasteiger partial charge in [-0.3, -0.25) is 9.69 Å². The number of hydrogen-bond acceptors (Lipinski definition) is 4. The lowest BCUT2D eigenvalue weighted by molar-refractivity contribution is 0.0628. The summed E-state index contributed by atoms with van der Waals surface area (Å²) in [5.74, 6) is -0.0608. The minimum absolute atomic E-state index is 0.0360. The number of amides is 1. The average molecular weight is 408 g/mol. The topological polar surface area (TPSA) is 50.6 Å². The monoisotopic (exact) mass is 408 g/mol. The molecule has 2 aromatic carbocycles. The van der Waals surface area contributed by atoms with Crippen molar-refractivity contribution in [3.63, 3.8) is 0 Å². The molecule has 1 aliphatic rings. The molecule has 0 N–H and O–H groups in total. The van der Waals surface area contributed by atoms with Crippen LogP contribution in [0.15, 0.2) is 54.7 Å². The number of nitrogens with zero attached hydrogens (tertiary/aromatic N) is 4. The van der Waals surface area contributed by atoms with Gasteiger partial charge in [0.25, 0.3) is 5.91 Å². The first-order chi connectivity index (χ1) is 14.5. The van der Waals surface area contributed by atoms with E-state index in [4.69, 9.17) is 4.74 Å². The van der Waals surface area contributed by atoms with E-state index in [-0.39, 0.29) is 17.5 Å². The second-order valence-electron chi connectivity index (χ2n) is 7.47. The quantitative estimate of drug-likeness (QED) is 0.650. The molecule has 6 nitrogen and oxygen atoms in total. The minimum atomic E-state index is -0.349. The van der Waals surface area contributed by atoms with Crippen LogP contribution in [-0.4, -0.2) is 58.8 Å². The molecule has 0 atom stereocenters. The molecule has 2 heterocycles. The molecule has 1 saturated heterocycles. The van der Waals surface area contributed by atoms with Crippen LogP contribution in [0.5, 0.6) is 5.75 Å². The van der Waals surface area contributed by atoms with Crippen LogP contribution in [0.1, 0.15) is 21.6 Å². The number of rotatable bonds is 5. The number of methoxy groups -OCH3 is 1. The Bertz CT molecular complexity index is 1020. The van der Waals surface area contributed by atoms with E-state index < -0.39 is 0 Å². The van der Waals surface area contributed by atoms with Crippen molar-refractivity contribution in [2.24, 2.45) is 0 Å². The fraction of sp³-hybridized carbons (Fsp3) is 0.304. The molecule has 1 fully saturated rings. The first-order valence-electron chi connectivity index (χ1n) is 10.0. The lowest BCUT2D eigenvalue weighted by Crippen LogP contribution is -2.48. The SMILES string of the molecule is COc1ccc(CN2CCN(C(=O)c3ccc(-n4nccc4C)cc3)CC2)cc1F. The van der Waals surface area contributed by atoms with Crippen LogP contribution in [-0.2, 0) is 6.54 Å². The van der Waals surface area contributed by atoms with Crippen LogP contribution in [0.3, 0.4) is 0 Å². The zero-order valence-electron chi connectivity index (χ0n) is 17.2. The van der Waals surface area contributed by atoms with Crippen LogP contribution in [0.4, 0.5) is 4.39 Å². The number of benzene rings is 2. The first kappa shape index (κ1) is 20.1. The molecular weight excluding hydrogens is 383 g/mol. The van der Waals surface area contributed by atoms with E-state index in [0.29, 0.717) is 25.2 Å². The molecule has 0 bridgehead atoms. The number of hydrogen-bond donors (Lipinski definition) is 0. The van der Waals surface area contributed by atoms with Crippen molar-refractivity contribution < 1.29 is 13.9 Å². The number of aromatic nitrogens is 2. The Kier molecular flexibility index (Phi) is 5.81. The predicted molar refractivity (Wildman–Crippen MR) is 112 cm³/mol. The highest BCUT2D eigenvalue weighted by atomic mass is 19.1. The van der Waals surface area contributed by atoms with Gasteiger partial charge < -0.3 is 9.64 Å². The zero-order valence-corrected chi connectivity index (χ0v) is 17.2. The van der Waals surface area contributed by atoms with Crippen LogP contribution < -0.4 is 4.74 Å². The third-order valence-electron chi connectivity index (χ3n) is 5.47. The molecule has 0 saturated carbocycles. The summed E-state index contributed by atoms with van der Waals surface area (Å²) in [6, 6.07) is 14.5. The van der Waals surface area contributed by atoms with Gasteiger partial charge in [-0.2, -0.15) is 5.10 Å². The Morgan fingerprint density at radius 1 is 1.07 bits per heavy atom. The molecule has 156 valence electrons. The summed E-state index contributed by atoms with van der Waals surface area (Å²) in [5, 5.41) is 4.29. The van der Waals surface area contributed by atoms with Crippen LogP contribution in [0, 0.1) is 12.7 Å². The fourth-order valence-corrected chi connectivity index (χ4v) is 3.74. The van der Waals surface area contributed by atoms with Gasteiger partial charge in [-0.15, -0.1) is 0 Å². The average Bonchev–Trinajstić information content (AvgIpc) is 3.20. The Labute approximate surface area is 175 Å². The molecule has 0 radical (unpaired) electrons. The number of carbonyl (C=O) groups excluding carboxylic acids is 1. The Morgan fingerprint density at radius 2 is 1.80 bits per heavy atom. The lowest BCUT2D eigenvalue weighted by Gasteiger charge is -2.34. The van der Waals surface area contributed by atoms with Gasteiger partial charge in [0, 0.05) is 50.2 Å². The van der Waals surface area contributed by atoms with Gasteiger partial charge in [0.05, 0.1) is 12.8 Å². The van der Waals surface area contributed by atoms with Crippen molar-refractivity contribution >= 4 is 5.91 Å². The van der Waals surface area contributed by atoms with E-state index >= 15 is 0 Å². The summed E-state index contributed by atoms with van der Waals surface area (Å²) < 4.78 is 20.7. The molecule has 0 aliphatic carbocycles. The van der Waals surface area contributed by atoms with E-state index in [0.717, 1.165) is 30.0 Å². The maximum absolute atomic E-state index is 13.9. The van der Waals surface area contributed by atoms with Gasteiger partial charge in [0.2, 0.25) is 0 Å². The first-order valence-corrected chi connectivity index (χ1v) is 10.0. The maximum atomic E-state index is 13.9. The molecule has 1 aliphatic heterocycles. The summed E-state index contributed by atoms with van der Waals surface area (Å²) in [7, 11) is 1.46. The van der Waals surface area contributed by atoms with Crippen molar-refractivity contribution in [3.8, 4) is 11.4 Å². The summed E-state index contributed by atoms with van der Waals surface area (Å²) in [6.07, 6.45) is 1.76. The van der Waals surface area contributed by atoms with Gasteiger partial charge in [-0.1, -0.05) is 6.07 Å². The van der Waals surface area contributed by atoms with Crippen LogP contribution >= 0.6 is 0 Å². The molecule has 30 heavy (non-hydrogen) atoms. The van der Waals surface area contributed by atoms with E-state index in [2.05, 4.69) is 10.00 Å². The predicted octanol–water partition coefficient (Wildman–Crippen LogP) is 3.29. The van der Waals surface area contributed by atoms with Crippen molar-refractivity contribution in [3.05, 3.63) is 77.4 Å². The highest BCUT2D eigenvalue weighted by Crippen LogP contribution is 2.20. The van der Waals surface area contributed by atoms with Gasteiger partial charge in [-0.05, 0) is 55.0 Å². The molecule has 7 heteroatoms. The third-order valence-corrected chi connectivity index (χ3v) is 5.47. The molecular formula is C23H25FN4O2. The summed E-state index contributed by atoms with van der Waals surface area (Å²) in [6.45, 7) is 5.45. The van der Waals surface area contributed by atoms with E-state index in [1.54, 1.807) is 12.3 Å². The Balaban J connectivity index is 1.34. The van der Waals surface area contributed by atoms with Crippen molar-refractivity contribution in [2.75, 3.05) is 33.3 Å². The molecule has 3 aromatic rings. The normalized spacial score (nSPS) is 14.7. The minimum Gasteiger partial charge on any atom is -0.494 e. The van der Waals surface area contributed by atoms with Gasteiger partial charge in [0.1, 0.15) is 0 Å². The van der Waals surface area contributed by atoms with E-state index in [9.17, 15) is 9.18 Å². The zero-order chi connectivity index (χ0) is 21.1. The van der Waals surface area contributed by atoms with E-state index in [1.807, 2.05) is 52.9 Å². The fourth-order valence-electron chi connectivity index (χ4n) is 3.74. The summed E-state index contributed by atoms with van der Waals surface area (Å²) in [5.41, 5.74) is 3.55. The standard InChI is InChI=1S/C23H25FN4O2/c1-17-9-10-25-28(17)20-6-4-19(5-7-20)23(29)27-13-11-26(12-14-27)16-18-3-8-22(30-2)21(24)15-18/h3-10,15H,11-14,16H2,1-2H3. The number of piperazine rings is 1. The molecule has 0 unspecified atom stereocenters. The van der Waals surface area contributed by atoms with Crippen LogP contribution in [0.25, 0.3) is 5.69 Å². The lowest BCUT2D eigenvalue weighted by atomic mass is 10.1. The smallest absolute Gasteiger partial charge is 0.253 e. The van der Waals surface area contributed by atoms with Gasteiger partial charge >= 0.3 is 0 Å². The van der Waals surface area contributed by atoms with Crippen molar-refractivity contribution in [1.82, 2.24) is 19.6 Å². The Hall–Kier alpha value is -3.19. The largest absolute Gasteiger partial charge is 0.494 e. The summed E-state index contributed by atoms with van der Waals surface area (Å²) in [4.78, 5) is 17.0. The number of aryl methyl sites for hydroxylation is 1. The number of ether oxygens (including phenoxy) is 1. The highest BCUT2D eigenvalue weighted by molar-refractivity contribution is 5.94. The number of carbonyl (C=O) groups is 1. The van der Waals surface area contributed by atoms with Crippen molar-refractivity contribution in [2.45, 2.75) is 13.5 Å². The molecule has 0 spiro atoms. The molecule has 4 rings (SSSR count). The number of halogens is 1. The third kappa shape index (κ3) is 4.21. The van der Waals surface area contributed by atoms with E-state index in [1.165, 1.54) is 13.2 Å². The highest BCUT2D eigenvalue weighted by Gasteiger charge is 2.22. The summed E-state index contributed by atoms with van der Waals surface area (Å²) >= 11 is 0. The van der Waals surface area contributed by atoms with Gasteiger partial charge in [0.15, 0.2) is 11.6 Å². The second-order valence-corrected chi connectivity index (χ2v) is 7.47. The van der Waals surface area contributed by atoms with Crippen molar-refractivity contribution in [1.29, 1.82) is 0 Å². The van der Waals surface area contributed by atoms with Gasteiger partial charge in [-0.25, -0.2) is 9.07 Å².